The summed E-state index contributed by atoms with van der Waals surface area (Å²) in [5.74, 6) is 0.391. The fourth-order valence-corrected chi connectivity index (χ4v) is 2.50. The third-order valence-electron chi connectivity index (χ3n) is 3.87. The Labute approximate surface area is 167 Å². The molecule has 0 saturated carbocycles. The fraction of sp³-hybridized carbons (Fsp3) is 0.400. The first kappa shape index (κ1) is 22.5. The summed E-state index contributed by atoms with van der Waals surface area (Å²) < 4.78 is 42.0. The zero-order valence-corrected chi connectivity index (χ0v) is 16.1. The van der Waals surface area contributed by atoms with Gasteiger partial charge in [0.1, 0.15) is 0 Å². The van der Waals surface area contributed by atoms with Gasteiger partial charge < -0.3 is 20.5 Å². The number of aliphatic hydroxyl groups excluding tert-OH is 1. The largest absolute Gasteiger partial charge is 0.468 e. The fourth-order valence-electron chi connectivity index (χ4n) is 2.50. The van der Waals surface area contributed by atoms with Crippen LogP contribution in [0.3, 0.4) is 0 Å². The minimum absolute atomic E-state index is 0.0936. The number of aliphatic hydroxyl groups is 1. The van der Waals surface area contributed by atoms with Gasteiger partial charge in [-0.05, 0) is 25.0 Å². The van der Waals surface area contributed by atoms with Gasteiger partial charge in [-0.2, -0.15) is 13.2 Å². The predicted octanol–water partition coefficient (Wildman–Crippen LogP) is 3.20. The maximum Gasteiger partial charge on any atom is 0.422 e. The molecule has 29 heavy (non-hydrogen) atoms. The quantitative estimate of drug-likeness (QED) is 0.437. The minimum atomic E-state index is -4.44. The number of aliphatic imine (C=N–C) groups is 1. The maximum absolute atomic E-state index is 12.4. The zero-order valence-electron chi connectivity index (χ0n) is 16.1. The van der Waals surface area contributed by atoms with E-state index in [0.717, 1.165) is 5.56 Å². The molecule has 1 aromatic heterocycles. The van der Waals surface area contributed by atoms with Crippen LogP contribution in [0, 0.1) is 0 Å². The first-order chi connectivity index (χ1) is 13.9. The highest BCUT2D eigenvalue weighted by Gasteiger charge is 2.29. The van der Waals surface area contributed by atoms with Crippen molar-refractivity contribution in [1.29, 1.82) is 0 Å². The van der Waals surface area contributed by atoms with Crippen molar-refractivity contribution in [3.05, 3.63) is 59.8 Å². The predicted molar refractivity (Wildman–Crippen MR) is 105 cm³/mol. The van der Waals surface area contributed by atoms with Gasteiger partial charge in [0, 0.05) is 24.8 Å². The van der Waals surface area contributed by atoms with Crippen LogP contribution < -0.4 is 15.4 Å². The molecule has 0 aliphatic carbocycles. The molecule has 0 fully saturated rings. The smallest absolute Gasteiger partial charge is 0.422 e. The maximum atomic E-state index is 12.4. The number of nitrogens with zero attached hydrogens (tertiary/aromatic N) is 2. The van der Waals surface area contributed by atoms with Gasteiger partial charge in [-0.3, -0.25) is 0 Å². The molecule has 0 aliphatic rings. The average Bonchev–Trinajstić information content (AvgIpc) is 2.71. The molecule has 158 valence electrons. The lowest BCUT2D eigenvalue weighted by Crippen LogP contribution is -2.38. The molecule has 0 amide bonds. The van der Waals surface area contributed by atoms with E-state index in [0.29, 0.717) is 31.0 Å². The van der Waals surface area contributed by atoms with Crippen LogP contribution >= 0.6 is 0 Å². The highest BCUT2D eigenvalue weighted by Crippen LogP contribution is 2.20. The summed E-state index contributed by atoms with van der Waals surface area (Å²) in [4.78, 5) is 8.23. The number of benzene rings is 1. The molecule has 2 aromatic rings. The number of alkyl halides is 3. The van der Waals surface area contributed by atoms with Crippen molar-refractivity contribution >= 4 is 5.96 Å². The zero-order chi connectivity index (χ0) is 21.1. The van der Waals surface area contributed by atoms with E-state index >= 15 is 0 Å². The molecule has 3 N–H and O–H groups in total. The molecule has 1 unspecified atom stereocenters. The van der Waals surface area contributed by atoms with Gasteiger partial charge in [0.15, 0.2) is 12.6 Å². The second-order valence-corrected chi connectivity index (χ2v) is 6.21. The second kappa shape index (κ2) is 11.3. The van der Waals surface area contributed by atoms with Crippen LogP contribution in [0.1, 0.15) is 30.6 Å². The second-order valence-electron chi connectivity index (χ2n) is 6.21. The molecular weight excluding hydrogens is 385 g/mol. The van der Waals surface area contributed by atoms with E-state index in [1.807, 2.05) is 37.3 Å². The van der Waals surface area contributed by atoms with Gasteiger partial charge >= 0.3 is 6.18 Å². The van der Waals surface area contributed by atoms with E-state index in [4.69, 9.17) is 4.74 Å². The number of pyridine rings is 1. The molecule has 0 spiro atoms. The molecule has 1 heterocycles. The van der Waals surface area contributed by atoms with Gasteiger partial charge in [-0.25, -0.2) is 9.98 Å². The third kappa shape index (κ3) is 8.39. The molecule has 2 rings (SSSR count). The summed E-state index contributed by atoms with van der Waals surface area (Å²) in [7, 11) is 0. The van der Waals surface area contributed by atoms with Gasteiger partial charge in [0.25, 0.3) is 0 Å². The van der Waals surface area contributed by atoms with Crippen LogP contribution in [-0.2, 0) is 6.54 Å². The first-order valence-corrected chi connectivity index (χ1v) is 9.27. The van der Waals surface area contributed by atoms with E-state index in [9.17, 15) is 18.3 Å². The molecule has 6 nitrogen and oxygen atoms in total. The normalized spacial score (nSPS) is 13.1. The number of rotatable bonds is 9. The monoisotopic (exact) mass is 410 g/mol. The number of ether oxygens (including phenoxy) is 1. The SMILES string of the molecule is CCNC(=NCc1cccnc1OCC(F)(F)F)NCCC(O)c1ccccc1. The highest BCUT2D eigenvalue weighted by atomic mass is 19.4. The molecule has 9 heteroatoms. The molecule has 1 atom stereocenters. The summed E-state index contributed by atoms with van der Waals surface area (Å²) in [6.45, 7) is 1.66. The Morgan fingerprint density at radius 3 is 2.62 bits per heavy atom. The Hall–Kier alpha value is -2.81. The van der Waals surface area contributed by atoms with E-state index < -0.39 is 18.9 Å². The topological polar surface area (TPSA) is 78.8 Å². The standard InChI is InChI=1S/C20H25F3N4O2/c1-2-24-19(26-12-10-17(28)15-7-4-3-5-8-15)27-13-16-9-6-11-25-18(16)29-14-20(21,22)23/h3-9,11,17,28H,2,10,12-14H2,1H3,(H2,24,26,27). The van der Waals surface area contributed by atoms with Crippen molar-refractivity contribution in [2.75, 3.05) is 19.7 Å². The summed E-state index contributed by atoms with van der Waals surface area (Å²) in [5.41, 5.74) is 1.27. The highest BCUT2D eigenvalue weighted by molar-refractivity contribution is 5.79. The summed E-state index contributed by atoms with van der Waals surface area (Å²) >= 11 is 0. The lowest BCUT2D eigenvalue weighted by Gasteiger charge is -2.15. The van der Waals surface area contributed by atoms with Gasteiger partial charge in [0.05, 0.1) is 12.6 Å². The Morgan fingerprint density at radius 2 is 1.93 bits per heavy atom. The number of guanidine groups is 1. The van der Waals surface area contributed by atoms with Crippen molar-refractivity contribution in [1.82, 2.24) is 15.6 Å². The van der Waals surface area contributed by atoms with Crippen LogP contribution in [0.2, 0.25) is 0 Å². The molecule has 0 bridgehead atoms. The summed E-state index contributed by atoms with van der Waals surface area (Å²) in [5, 5.41) is 16.4. The van der Waals surface area contributed by atoms with Crippen molar-refractivity contribution in [2.24, 2.45) is 4.99 Å². The average molecular weight is 410 g/mol. The number of aromatic nitrogens is 1. The van der Waals surface area contributed by atoms with Crippen LogP contribution in [0.15, 0.2) is 53.7 Å². The van der Waals surface area contributed by atoms with Gasteiger partial charge in [-0.15, -0.1) is 0 Å². The van der Waals surface area contributed by atoms with Crippen LogP contribution in [0.25, 0.3) is 0 Å². The molecule has 0 radical (unpaired) electrons. The number of hydrogen-bond acceptors (Lipinski definition) is 4. The number of nitrogens with one attached hydrogen (secondary N) is 2. The first-order valence-electron chi connectivity index (χ1n) is 9.27. The molecule has 0 aliphatic heterocycles. The molecule has 1 aromatic carbocycles. The Morgan fingerprint density at radius 1 is 1.17 bits per heavy atom. The lowest BCUT2D eigenvalue weighted by atomic mass is 10.1. The van der Waals surface area contributed by atoms with Crippen molar-refractivity contribution < 1.29 is 23.0 Å². The van der Waals surface area contributed by atoms with Gasteiger partial charge in [-0.1, -0.05) is 36.4 Å². The van der Waals surface area contributed by atoms with Crippen molar-refractivity contribution in [3.8, 4) is 5.88 Å². The Balaban J connectivity index is 1.93. The summed E-state index contributed by atoms with van der Waals surface area (Å²) in [6, 6.07) is 12.6. The third-order valence-corrected chi connectivity index (χ3v) is 3.87. The Bertz CT molecular complexity index is 770. The van der Waals surface area contributed by atoms with Crippen molar-refractivity contribution in [3.63, 3.8) is 0 Å². The van der Waals surface area contributed by atoms with E-state index in [1.165, 1.54) is 6.20 Å². The van der Waals surface area contributed by atoms with E-state index in [2.05, 4.69) is 20.6 Å². The number of halogens is 3. The molecule has 0 saturated heterocycles. The number of hydrogen-bond donors (Lipinski definition) is 3. The van der Waals surface area contributed by atoms with Crippen LogP contribution in [0.4, 0.5) is 13.2 Å². The summed E-state index contributed by atoms with van der Waals surface area (Å²) in [6.07, 6.45) is -3.20. The van der Waals surface area contributed by atoms with Crippen LogP contribution in [0.5, 0.6) is 5.88 Å². The van der Waals surface area contributed by atoms with Crippen molar-refractivity contribution in [2.45, 2.75) is 32.2 Å². The Kier molecular flexibility index (Phi) is 8.72. The lowest BCUT2D eigenvalue weighted by molar-refractivity contribution is -0.154. The van der Waals surface area contributed by atoms with Crippen LogP contribution in [-0.4, -0.2) is 41.9 Å². The minimum Gasteiger partial charge on any atom is -0.468 e. The molecular formula is C20H25F3N4O2. The van der Waals surface area contributed by atoms with E-state index in [1.54, 1.807) is 12.1 Å². The van der Waals surface area contributed by atoms with E-state index in [-0.39, 0.29) is 12.4 Å². The van der Waals surface area contributed by atoms with Gasteiger partial charge in [0.2, 0.25) is 5.88 Å².